The molecule has 1 amide bonds. The molecule has 0 aliphatic carbocycles. The SMILES string of the molecule is Cc1c(C(=O)NCC2CCS(=O)(=O)C2)sc2ccccc12. The van der Waals surface area contributed by atoms with E-state index in [0.717, 1.165) is 20.5 Å². The highest BCUT2D eigenvalue weighted by Crippen LogP contribution is 2.30. The van der Waals surface area contributed by atoms with Crippen LogP contribution in [-0.2, 0) is 9.84 Å². The number of aryl methyl sites for hydroxylation is 1. The number of nitrogens with one attached hydrogen (secondary N) is 1. The first-order chi connectivity index (χ1) is 9.96. The molecule has 1 aromatic carbocycles. The smallest absolute Gasteiger partial charge is 0.261 e. The average molecular weight is 323 g/mol. The van der Waals surface area contributed by atoms with Gasteiger partial charge in [0, 0.05) is 11.2 Å². The van der Waals surface area contributed by atoms with Crippen molar-refractivity contribution in [1.29, 1.82) is 0 Å². The Kier molecular flexibility index (Phi) is 3.75. The lowest BCUT2D eigenvalue weighted by Crippen LogP contribution is -2.29. The number of amides is 1. The quantitative estimate of drug-likeness (QED) is 0.943. The first-order valence-corrected chi connectivity index (χ1v) is 9.57. The van der Waals surface area contributed by atoms with Gasteiger partial charge in [-0.15, -0.1) is 11.3 Å². The van der Waals surface area contributed by atoms with Gasteiger partial charge >= 0.3 is 0 Å². The summed E-state index contributed by atoms with van der Waals surface area (Å²) in [4.78, 5) is 13.0. The van der Waals surface area contributed by atoms with Gasteiger partial charge in [0.1, 0.15) is 0 Å². The van der Waals surface area contributed by atoms with Crippen LogP contribution in [0.4, 0.5) is 0 Å². The highest BCUT2D eigenvalue weighted by Gasteiger charge is 2.28. The topological polar surface area (TPSA) is 63.2 Å². The molecule has 2 heterocycles. The minimum absolute atomic E-state index is 0.0497. The van der Waals surface area contributed by atoms with Crippen molar-refractivity contribution in [2.75, 3.05) is 18.1 Å². The number of thiophene rings is 1. The zero-order valence-electron chi connectivity index (χ0n) is 11.8. The maximum absolute atomic E-state index is 12.3. The Morgan fingerprint density at radius 2 is 2.14 bits per heavy atom. The van der Waals surface area contributed by atoms with Gasteiger partial charge in [0.15, 0.2) is 9.84 Å². The van der Waals surface area contributed by atoms with Crippen LogP contribution in [0.1, 0.15) is 21.7 Å². The molecule has 1 aliphatic rings. The molecule has 1 N–H and O–H groups in total. The Labute approximate surface area is 128 Å². The van der Waals surface area contributed by atoms with Crippen molar-refractivity contribution < 1.29 is 13.2 Å². The number of carbonyl (C=O) groups excluding carboxylic acids is 1. The Balaban J connectivity index is 1.71. The fourth-order valence-electron chi connectivity index (χ4n) is 2.74. The summed E-state index contributed by atoms with van der Waals surface area (Å²) in [5, 5.41) is 3.99. The highest BCUT2D eigenvalue weighted by molar-refractivity contribution is 7.91. The van der Waals surface area contributed by atoms with Gasteiger partial charge in [-0.05, 0) is 36.3 Å². The van der Waals surface area contributed by atoms with E-state index < -0.39 is 9.84 Å². The van der Waals surface area contributed by atoms with Crippen molar-refractivity contribution in [2.45, 2.75) is 13.3 Å². The summed E-state index contributed by atoms with van der Waals surface area (Å²) in [6.45, 7) is 2.39. The van der Waals surface area contributed by atoms with E-state index in [1.807, 2.05) is 31.2 Å². The molecule has 0 bridgehead atoms. The van der Waals surface area contributed by atoms with Crippen LogP contribution in [0.2, 0.25) is 0 Å². The van der Waals surface area contributed by atoms with Gasteiger partial charge in [0.05, 0.1) is 16.4 Å². The van der Waals surface area contributed by atoms with Crippen LogP contribution < -0.4 is 5.32 Å². The van der Waals surface area contributed by atoms with Crippen LogP contribution >= 0.6 is 11.3 Å². The van der Waals surface area contributed by atoms with E-state index in [2.05, 4.69) is 5.32 Å². The number of sulfone groups is 1. The van der Waals surface area contributed by atoms with E-state index in [-0.39, 0.29) is 23.3 Å². The second-order valence-electron chi connectivity index (χ2n) is 5.53. The van der Waals surface area contributed by atoms with Crippen LogP contribution in [0.5, 0.6) is 0 Å². The van der Waals surface area contributed by atoms with Crippen molar-refractivity contribution in [3.63, 3.8) is 0 Å². The first-order valence-electron chi connectivity index (χ1n) is 6.93. The number of hydrogen-bond donors (Lipinski definition) is 1. The van der Waals surface area contributed by atoms with Crippen molar-refractivity contribution in [2.24, 2.45) is 5.92 Å². The Morgan fingerprint density at radius 1 is 1.38 bits per heavy atom. The molecule has 6 heteroatoms. The molecular weight excluding hydrogens is 306 g/mol. The van der Waals surface area contributed by atoms with Gasteiger partial charge in [0.25, 0.3) is 5.91 Å². The average Bonchev–Trinajstić information content (AvgIpc) is 2.97. The molecule has 4 nitrogen and oxygen atoms in total. The van der Waals surface area contributed by atoms with E-state index in [1.54, 1.807) is 0 Å². The normalized spacial score (nSPS) is 20.7. The molecule has 3 rings (SSSR count). The van der Waals surface area contributed by atoms with E-state index in [4.69, 9.17) is 0 Å². The van der Waals surface area contributed by atoms with Crippen molar-refractivity contribution in [1.82, 2.24) is 5.32 Å². The molecule has 0 radical (unpaired) electrons. The van der Waals surface area contributed by atoms with Crippen molar-refractivity contribution in [3.8, 4) is 0 Å². The monoisotopic (exact) mass is 323 g/mol. The summed E-state index contributed by atoms with van der Waals surface area (Å²) in [6.07, 6.45) is 0.647. The number of benzene rings is 1. The zero-order valence-corrected chi connectivity index (χ0v) is 13.4. The van der Waals surface area contributed by atoms with Crippen LogP contribution in [0.25, 0.3) is 10.1 Å². The van der Waals surface area contributed by atoms with E-state index in [1.165, 1.54) is 11.3 Å². The molecule has 21 heavy (non-hydrogen) atoms. The van der Waals surface area contributed by atoms with Crippen LogP contribution in [0.15, 0.2) is 24.3 Å². The van der Waals surface area contributed by atoms with Crippen LogP contribution in [-0.4, -0.2) is 32.4 Å². The van der Waals surface area contributed by atoms with Gasteiger partial charge in [-0.1, -0.05) is 18.2 Å². The van der Waals surface area contributed by atoms with Gasteiger partial charge < -0.3 is 5.32 Å². The highest BCUT2D eigenvalue weighted by atomic mass is 32.2. The molecule has 0 saturated carbocycles. The Morgan fingerprint density at radius 3 is 2.81 bits per heavy atom. The van der Waals surface area contributed by atoms with Gasteiger partial charge in [-0.3, -0.25) is 4.79 Å². The predicted molar refractivity (Wildman–Crippen MR) is 85.7 cm³/mol. The zero-order chi connectivity index (χ0) is 15.0. The maximum Gasteiger partial charge on any atom is 0.261 e. The Bertz CT molecular complexity index is 792. The fraction of sp³-hybridized carbons (Fsp3) is 0.400. The van der Waals surface area contributed by atoms with E-state index in [0.29, 0.717) is 13.0 Å². The standard InChI is InChI=1S/C15H17NO3S2/c1-10-12-4-2-3-5-13(12)20-14(10)15(17)16-8-11-6-7-21(18,19)9-11/h2-5,11H,6-9H2,1H3,(H,16,17). The van der Waals surface area contributed by atoms with E-state index >= 15 is 0 Å². The number of rotatable bonds is 3. The lowest BCUT2D eigenvalue weighted by Gasteiger charge is -2.09. The number of carbonyl (C=O) groups is 1. The molecular formula is C15H17NO3S2. The van der Waals surface area contributed by atoms with E-state index in [9.17, 15) is 13.2 Å². The summed E-state index contributed by atoms with van der Waals surface area (Å²) in [6, 6.07) is 7.95. The second kappa shape index (κ2) is 5.42. The third kappa shape index (κ3) is 2.96. The predicted octanol–water partition coefficient (Wildman–Crippen LogP) is 2.37. The molecule has 1 aliphatic heterocycles. The number of fused-ring (bicyclic) bond motifs is 1. The molecule has 1 atom stereocenters. The summed E-state index contributed by atoms with van der Waals surface area (Å²) < 4.78 is 23.9. The van der Waals surface area contributed by atoms with Gasteiger partial charge in [0.2, 0.25) is 0 Å². The van der Waals surface area contributed by atoms with Crippen molar-refractivity contribution in [3.05, 3.63) is 34.7 Å². The molecule has 1 aromatic heterocycles. The number of hydrogen-bond acceptors (Lipinski definition) is 4. The van der Waals surface area contributed by atoms with Crippen molar-refractivity contribution >= 4 is 37.2 Å². The third-order valence-electron chi connectivity index (χ3n) is 3.93. The molecule has 1 saturated heterocycles. The minimum atomic E-state index is -2.89. The summed E-state index contributed by atoms with van der Waals surface area (Å²) in [5.74, 6) is 0.389. The van der Waals surface area contributed by atoms with Gasteiger partial charge in [-0.2, -0.15) is 0 Å². The molecule has 1 unspecified atom stereocenters. The van der Waals surface area contributed by atoms with Crippen LogP contribution in [0.3, 0.4) is 0 Å². The Hall–Kier alpha value is -1.40. The lowest BCUT2D eigenvalue weighted by atomic mass is 10.1. The lowest BCUT2D eigenvalue weighted by molar-refractivity contribution is 0.0952. The minimum Gasteiger partial charge on any atom is -0.351 e. The first kappa shape index (κ1) is 14.5. The summed E-state index contributed by atoms with van der Waals surface area (Å²) >= 11 is 1.48. The molecule has 0 spiro atoms. The molecule has 1 fully saturated rings. The largest absolute Gasteiger partial charge is 0.351 e. The summed E-state index contributed by atoms with van der Waals surface area (Å²) in [5.41, 5.74) is 0.993. The molecule has 2 aromatic rings. The van der Waals surface area contributed by atoms with Crippen LogP contribution in [0, 0.1) is 12.8 Å². The molecule has 112 valence electrons. The fourth-order valence-corrected chi connectivity index (χ4v) is 5.73. The van der Waals surface area contributed by atoms with Gasteiger partial charge in [-0.25, -0.2) is 8.42 Å². The third-order valence-corrected chi connectivity index (χ3v) is 7.04. The summed E-state index contributed by atoms with van der Waals surface area (Å²) in [7, 11) is -2.89. The maximum atomic E-state index is 12.3. The second-order valence-corrected chi connectivity index (χ2v) is 8.81.